The maximum atomic E-state index is 4.45. The van der Waals surface area contributed by atoms with Crippen LogP contribution in [0.3, 0.4) is 0 Å². The van der Waals surface area contributed by atoms with Crippen molar-refractivity contribution in [3.8, 4) is 0 Å². The van der Waals surface area contributed by atoms with E-state index in [4.69, 9.17) is 0 Å². The van der Waals surface area contributed by atoms with Crippen LogP contribution in [0.1, 0.15) is 10.4 Å². The molecular weight excluding hydrogens is 296 g/mol. The van der Waals surface area contributed by atoms with Crippen LogP contribution in [0.5, 0.6) is 0 Å². The molecule has 17 heavy (non-hydrogen) atoms. The number of alkyl halides is 1. The van der Waals surface area contributed by atoms with Crippen molar-refractivity contribution in [2.75, 3.05) is 18.5 Å². The van der Waals surface area contributed by atoms with Gasteiger partial charge in [0.05, 0.1) is 0 Å². The van der Waals surface area contributed by atoms with Gasteiger partial charge in [0.15, 0.2) is 0 Å². The number of hydrogen-bond donors (Lipinski definition) is 0. The lowest BCUT2D eigenvalue weighted by Gasteiger charge is -2.20. The van der Waals surface area contributed by atoms with Gasteiger partial charge in [-0.05, 0) is 23.9 Å². The van der Waals surface area contributed by atoms with Crippen LogP contribution in [0.15, 0.2) is 35.8 Å². The van der Waals surface area contributed by atoms with Crippen LogP contribution in [0, 0.1) is 0 Å². The predicted molar refractivity (Wildman–Crippen MR) is 78.2 cm³/mol. The van der Waals surface area contributed by atoms with Gasteiger partial charge in [-0.15, -0.1) is 11.3 Å². The molecule has 0 unspecified atom stereocenters. The van der Waals surface area contributed by atoms with Crippen molar-refractivity contribution >= 4 is 33.1 Å². The maximum Gasteiger partial charge on any atom is 0.132 e. The fourth-order valence-electron chi connectivity index (χ4n) is 1.72. The molecule has 0 atom stereocenters. The fourth-order valence-corrected chi connectivity index (χ4v) is 2.85. The Hall–Kier alpha value is -0.870. The van der Waals surface area contributed by atoms with Crippen LogP contribution in [0.4, 0.5) is 5.82 Å². The molecule has 2 rings (SSSR count). The first kappa shape index (κ1) is 12.6. The maximum absolute atomic E-state index is 4.45. The van der Waals surface area contributed by atoms with Gasteiger partial charge >= 0.3 is 0 Å². The van der Waals surface area contributed by atoms with Crippen molar-refractivity contribution in [3.05, 3.63) is 46.3 Å². The van der Waals surface area contributed by atoms with Gasteiger partial charge in [-0.2, -0.15) is 0 Å². The number of pyridine rings is 1. The van der Waals surface area contributed by atoms with Gasteiger partial charge in [-0.25, -0.2) is 4.98 Å². The molecular formula is C13H15BrN2S. The van der Waals surface area contributed by atoms with Gasteiger partial charge in [0.2, 0.25) is 0 Å². The second-order valence-corrected chi connectivity index (χ2v) is 5.46. The Morgan fingerprint density at radius 1 is 1.35 bits per heavy atom. The molecule has 2 aromatic heterocycles. The smallest absolute Gasteiger partial charge is 0.132 e. The number of thiophene rings is 1. The Balaban J connectivity index is 2.01. The fraction of sp³-hybridized carbons (Fsp3) is 0.308. The number of nitrogens with zero attached hydrogens (tertiary/aromatic N) is 2. The third kappa shape index (κ3) is 3.30. The first-order valence-corrected chi connectivity index (χ1v) is 7.54. The summed E-state index contributed by atoms with van der Waals surface area (Å²) < 4.78 is 0. The highest BCUT2D eigenvalue weighted by Gasteiger charge is 2.07. The predicted octanol–water partition coefficient (Wildman–Crippen LogP) is 3.72. The van der Waals surface area contributed by atoms with Crippen LogP contribution in [-0.2, 0) is 11.8 Å². The van der Waals surface area contributed by atoms with Crippen molar-refractivity contribution in [1.82, 2.24) is 4.98 Å². The number of likely N-dealkylation sites (N-methyl/N-ethyl adjacent to an activating group) is 1. The van der Waals surface area contributed by atoms with Crippen molar-refractivity contribution < 1.29 is 0 Å². The number of anilines is 1. The van der Waals surface area contributed by atoms with Crippen LogP contribution in [-0.4, -0.2) is 18.6 Å². The lowest BCUT2D eigenvalue weighted by atomic mass is 10.2. The average Bonchev–Trinajstić information content (AvgIpc) is 2.89. The zero-order chi connectivity index (χ0) is 12.1. The Bertz CT molecular complexity index is 456. The molecule has 0 aliphatic carbocycles. The van der Waals surface area contributed by atoms with E-state index >= 15 is 0 Å². The summed E-state index contributed by atoms with van der Waals surface area (Å²) in [7, 11) is 2.10. The molecule has 0 aromatic carbocycles. The Kier molecular flexibility index (Phi) is 4.57. The highest BCUT2D eigenvalue weighted by Crippen LogP contribution is 2.19. The summed E-state index contributed by atoms with van der Waals surface area (Å²) in [6.07, 6.45) is 2.93. The number of rotatable bonds is 5. The second kappa shape index (κ2) is 6.17. The van der Waals surface area contributed by atoms with Crippen molar-refractivity contribution in [2.45, 2.75) is 11.8 Å². The van der Waals surface area contributed by atoms with Crippen LogP contribution < -0.4 is 4.90 Å². The first-order chi connectivity index (χ1) is 8.31. The molecule has 0 aliphatic rings. The lowest BCUT2D eigenvalue weighted by Crippen LogP contribution is -2.22. The topological polar surface area (TPSA) is 16.1 Å². The summed E-state index contributed by atoms with van der Waals surface area (Å²) in [5, 5.41) is 2.97. The van der Waals surface area contributed by atoms with Gasteiger partial charge in [0.1, 0.15) is 5.82 Å². The van der Waals surface area contributed by atoms with E-state index in [1.807, 2.05) is 23.6 Å². The second-order valence-electron chi connectivity index (χ2n) is 3.87. The van der Waals surface area contributed by atoms with Crippen molar-refractivity contribution in [1.29, 1.82) is 0 Å². The monoisotopic (exact) mass is 310 g/mol. The SMILES string of the molecule is CN(CCc1cccs1)c1ncccc1CBr. The van der Waals surface area contributed by atoms with E-state index in [0.717, 1.165) is 24.1 Å². The molecule has 90 valence electrons. The molecule has 0 saturated carbocycles. The van der Waals surface area contributed by atoms with E-state index in [1.165, 1.54) is 10.4 Å². The molecule has 4 heteroatoms. The normalized spacial score (nSPS) is 10.5. The summed E-state index contributed by atoms with van der Waals surface area (Å²) in [5.41, 5.74) is 1.24. The molecule has 2 aromatic rings. The van der Waals surface area contributed by atoms with Gasteiger partial charge in [0.25, 0.3) is 0 Å². The van der Waals surface area contributed by atoms with Crippen LogP contribution >= 0.6 is 27.3 Å². The summed E-state index contributed by atoms with van der Waals surface area (Å²) in [5.74, 6) is 1.07. The highest BCUT2D eigenvalue weighted by atomic mass is 79.9. The molecule has 0 bridgehead atoms. The minimum absolute atomic E-state index is 0.847. The zero-order valence-electron chi connectivity index (χ0n) is 9.77. The zero-order valence-corrected chi connectivity index (χ0v) is 12.2. The van der Waals surface area contributed by atoms with E-state index in [2.05, 4.69) is 56.4 Å². The van der Waals surface area contributed by atoms with E-state index in [1.54, 1.807) is 0 Å². The van der Waals surface area contributed by atoms with Gasteiger partial charge in [0, 0.05) is 35.6 Å². The third-order valence-electron chi connectivity index (χ3n) is 2.65. The summed E-state index contributed by atoms with van der Waals surface area (Å²) in [6.45, 7) is 0.998. The summed E-state index contributed by atoms with van der Waals surface area (Å²) in [6, 6.07) is 8.37. The molecule has 0 spiro atoms. The van der Waals surface area contributed by atoms with Crippen LogP contribution in [0.2, 0.25) is 0 Å². The summed E-state index contributed by atoms with van der Waals surface area (Å²) >= 11 is 5.32. The Labute approximate surface area is 114 Å². The highest BCUT2D eigenvalue weighted by molar-refractivity contribution is 9.08. The van der Waals surface area contributed by atoms with Gasteiger partial charge in [-0.3, -0.25) is 0 Å². The van der Waals surface area contributed by atoms with Crippen molar-refractivity contribution in [3.63, 3.8) is 0 Å². The molecule has 0 N–H and O–H groups in total. The third-order valence-corrected chi connectivity index (χ3v) is 4.19. The molecule has 0 amide bonds. The quantitative estimate of drug-likeness (QED) is 0.783. The van der Waals surface area contributed by atoms with E-state index in [9.17, 15) is 0 Å². The van der Waals surface area contributed by atoms with Gasteiger partial charge < -0.3 is 4.90 Å². The number of halogens is 1. The summed E-state index contributed by atoms with van der Waals surface area (Å²) in [4.78, 5) is 8.09. The Morgan fingerprint density at radius 2 is 2.24 bits per heavy atom. The average molecular weight is 311 g/mol. The molecule has 0 aliphatic heterocycles. The Morgan fingerprint density at radius 3 is 2.94 bits per heavy atom. The molecule has 0 saturated heterocycles. The van der Waals surface area contributed by atoms with E-state index in [0.29, 0.717) is 0 Å². The minimum Gasteiger partial charge on any atom is -0.359 e. The lowest BCUT2D eigenvalue weighted by molar-refractivity contribution is 0.863. The van der Waals surface area contributed by atoms with Gasteiger partial charge in [-0.1, -0.05) is 28.1 Å². The molecule has 0 fully saturated rings. The standard InChI is InChI=1S/C13H15BrN2S/c1-16(8-6-12-5-3-9-17-12)13-11(10-14)4-2-7-15-13/h2-5,7,9H,6,8,10H2,1H3. The number of aromatic nitrogens is 1. The minimum atomic E-state index is 0.847. The first-order valence-electron chi connectivity index (χ1n) is 5.54. The molecule has 2 heterocycles. The number of hydrogen-bond acceptors (Lipinski definition) is 3. The van der Waals surface area contributed by atoms with Crippen molar-refractivity contribution in [2.24, 2.45) is 0 Å². The van der Waals surface area contributed by atoms with E-state index in [-0.39, 0.29) is 0 Å². The molecule has 2 nitrogen and oxygen atoms in total. The van der Waals surface area contributed by atoms with Crippen LogP contribution in [0.25, 0.3) is 0 Å². The molecule has 0 radical (unpaired) electrons. The van der Waals surface area contributed by atoms with E-state index < -0.39 is 0 Å². The largest absolute Gasteiger partial charge is 0.359 e.